The summed E-state index contributed by atoms with van der Waals surface area (Å²) in [5.41, 5.74) is 1.33. The second-order valence-corrected chi connectivity index (χ2v) is 4.73. The first-order chi connectivity index (χ1) is 8.93. The lowest BCUT2D eigenvalue weighted by molar-refractivity contribution is -0.119. The largest absolute Gasteiger partial charge is 0.324 e. The van der Waals surface area contributed by atoms with Gasteiger partial charge >= 0.3 is 6.03 Å². The van der Waals surface area contributed by atoms with Gasteiger partial charge in [0.1, 0.15) is 5.38 Å². The molecular formula is C13H14ClN3O2. The second kappa shape index (κ2) is 6.76. The molecule has 0 saturated heterocycles. The Bertz CT molecular complexity index is 523. The number of hydrogen-bond donors (Lipinski definition) is 1. The van der Waals surface area contributed by atoms with Gasteiger partial charge in [0.2, 0.25) is 5.91 Å². The molecule has 1 aromatic rings. The third-order valence-electron chi connectivity index (χ3n) is 2.41. The van der Waals surface area contributed by atoms with Crippen molar-refractivity contribution in [2.75, 3.05) is 7.05 Å². The highest BCUT2D eigenvalue weighted by molar-refractivity contribution is 6.31. The molecule has 3 amide bonds. The fraction of sp³-hybridized carbons (Fsp3) is 0.308. The van der Waals surface area contributed by atoms with Crippen LogP contribution in [0.5, 0.6) is 0 Å². The first-order valence-electron chi connectivity index (χ1n) is 5.63. The molecule has 1 atom stereocenters. The molecular weight excluding hydrogens is 266 g/mol. The maximum Gasteiger partial charge on any atom is 0.324 e. The number of benzene rings is 1. The molecule has 0 aliphatic heterocycles. The molecule has 0 radical (unpaired) electrons. The van der Waals surface area contributed by atoms with E-state index in [-0.39, 0.29) is 0 Å². The van der Waals surface area contributed by atoms with Gasteiger partial charge in [-0.05, 0) is 24.6 Å². The zero-order valence-corrected chi connectivity index (χ0v) is 11.4. The zero-order valence-electron chi connectivity index (χ0n) is 10.7. The van der Waals surface area contributed by atoms with Crippen molar-refractivity contribution in [3.63, 3.8) is 0 Å². The van der Waals surface area contributed by atoms with Crippen LogP contribution in [0.3, 0.4) is 0 Å². The Morgan fingerprint density at radius 2 is 2.21 bits per heavy atom. The van der Waals surface area contributed by atoms with Crippen molar-refractivity contribution in [2.45, 2.75) is 18.8 Å². The van der Waals surface area contributed by atoms with Crippen LogP contribution in [-0.4, -0.2) is 29.3 Å². The predicted octanol–water partition coefficient (Wildman–Crippen LogP) is 1.85. The van der Waals surface area contributed by atoms with Gasteiger partial charge in [-0.25, -0.2) is 4.79 Å². The lowest BCUT2D eigenvalue weighted by Crippen LogP contribution is -2.42. The summed E-state index contributed by atoms with van der Waals surface area (Å²) in [7, 11) is 1.56. The summed E-state index contributed by atoms with van der Waals surface area (Å²) >= 11 is 5.56. The topological polar surface area (TPSA) is 73.2 Å². The lowest BCUT2D eigenvalue weighted by Gasteiger charge is -2.18. The summed E-state index contributed by atoms with van der Waals surface area (Å²) in [6.07, 6.45) is 0. The highest BCUT2D eigenvalue weighted by Gasteiger charge is 2.16. The van der Waals surface area contributed by atoms with E-state index in [0.29, 0.717) is 12.1 Å². The summed E-state index contributed by atoms with van der Waals surface area (Å²) in [6.45, 7) is 1.78. The van der Waals surface area contributed by atoms with Gasteiger partial charge < -0.3 is 4.90 Å². The average molecular weight is 280 g/mol. The number of nitrogens with one attached hydrogen (secondary N) is 1. The molecule has 1 rings (SSSR count). The van der Waals surface area contributed by atoms with E-state index in [4.69, 9.17) is 16.9 Å². The van der Waals surface area contributed by atoms with E-state index in [9.17, 15) is 9.59 Å². The minimum Gasteiger partial charge on any atom is -0.323 e. The molecule has 19 heavy (non-hydrogen) atoms. The smallest absolute Gasteiger partial charge is 0.323 e. The van der Waals surface area contributed by atoms with Gasteiger partial charge in [0.15, 0.2) is 0 Å². The number of nitriles is 1. The summed E-state index contributed by atoms with van der Waals surface area (Å²) in [6, 6.07) is 8.42. The molecule has 0 aliphatic rings. The van der Waals surface area contributed by atoms with Crippen LogP contribution in [0.4, 0.5) is 4.79 Å². The van der Waals surface area contributed by atoms with Gasteiger partial charge in [-0.2, -0.15) is 5.26 Å². The third kappa shape index (κ3) is 4.60. The number of halogens is 1. The SMILES string of the molecule is CC(Cl)C(=O)NC(=O)N(C)Cc1cccc(C#N)c1. The van der Waals surface area contributed by atoms with Crippen LogP contribution in [0.2, 0.25) is 0 Å². The number of carbonyl (C=O) groups is 2. The Labute approximate surface area is 116 Å². The Balaban J connectivity index is 2.64. The van der Waals surface area contributed by atoms with E-state index < -0.39 is 17.3 Å². The number of rotatable bonds is 3. The van der Waals surface area contributed by atoms with E-state index in [1.165, 1.54) is 11.8 Å². The predicted molar refractivity (Wildman–Crippen MR) is 71.5 cm³/mol. The van der Waals surface area contributed by atoms with Crippen LogP contribution in [0.1, 0.15) is 18.1 Å². The Morgan fingerprint density at radius 1 is 1.53 bits per heavy atom. The number of imide groups is 1. The molecule has 0 aromatic heterocycles. The van der Waals surface area contributed by atoms with Gasteiger partial charge in [-0.3, -0.25) is 10.1 Å². The van der Waals surface area contributed by atoms with Gasteiger partial charge in [0.05, 0.1) is 11.6 Å². The average Bonchev–Trinajstić information content (AvgIpc) is 2.38. The normalized spacial score (nSPS) is 11.3. The fourth-order valence-corrected chi connectivity index (χ4v) is 1.44. The number of hydrogen-bond acceptors (Lipinski definition) is 3. The molecule has 0 bridgehead atoms. The molecule has 0 heterocycles. The number of amides is 3. The quantitative estimate of drug-likeness (QED) is 0.858. The molecule has 1 aromatic carbocycles. The highest BCUT2D eigenvalue weighted by atomic mass is 35.5. The van der Waals surface area contributed by atoms with Crippen molar-refractivity contribution in [1.29, 1.82) is 5.26 Å². The summed E-state index contributed by atoms with van der Waals surface area (Å²) < 4.78 is 0. The maximum atomic E-state index is 11.7. The first-order valence-corrected chi connectivity index (χ1v) is 6.06. The number of carbonyl (C=O) groups excluding carboxylic acids is 2. The number of urea groups is 1. The van der Waals surface area contributed by atoms with Crippen molar-refractivity contribution < 1.29 is 9.59 Å². The highest BCUT2D eigenvalue weighted by Crippen LogP contribution is 2.07. The van der Waals surface area contributed by atoms with E-state index in [0.717, 1.165) is 5.56 Å². The van der Waals surface area contributed by atoms with Crippen molar-refractivity contribution in [3.8, 4) is 6.07 Å². The van der Waals surface area contributed by atoms with E-state index in [1.807, 2.05) is 6.07 Å². The zero-order chi connectivity index (χ0) is 14.4. The molecule has 5 nitrogen and oxygen atoms in total. The molecule has 0 saturated carbocycles. The van der Waals surface area contributed by atoms with Gasteiger partial charge in [-0.15, -0.1) is 11.6 Å². The minimum absolute atomic E-state index is 0.297. The van der Waals surface area contributed by atoms with Crippen LogP contribution in [0.25, 0.3) is 0 Å². The van der Waals surface area contributed by atoms with Gasteiger partial charge in [0.25, 0.3) is 0 Å². The molecule has 6 heteroatoms. The van der Waals surface area contributed by atoms with Crippen LogP contribution in [-0.2, 0) is 11.3 Å². The molecule has 1 N–H and O–H groups in total. The van der Waals surface area contributed by atoms with Crippen molar-refractivity contribution >= 4 is 23.5 Å². The number of alkyl halides is 1. The molecule has 1 unspecified atom stereocenters. The van der Waals surface area contributed by atoms with E-state index in [1.54, 1.807) is 31.3 Å². The van der Waals surface area contributed by atoms with Crippen LogP contribution < -0.4 is 5.32 Å². The van der Waals surface area contributed by atoms with E-state index >= 15 is 0 Å². The Hall–Kier alpha value is -2.06. The fourth-order valence-electron chi connectivity index (χ4n) is 1.39. The third-order valence-corrected chi connectivity index (χ3v) is 2.61. The molecule has 0 aliphatic carbocycles. The Kier molecular flexibility index (Phi) is 5.34. The van der Waals surface area contributed by atoms with E-state index in [2.05, 4.69) is 5.32 Å². The lowest BCUT2D eigenvalue weighted by atomic mass is 10.1. The molecule has 0 fully saturated rings. The summed E-state index contributed by atoms with van der Waals surface area (Å²) in [4.78, 5) is 24.3. The monoisotopic (exact) mass is 279 g/mol. The summed E-state index contributed by atoms with van der Waals surface area (Å²) in [5.74, 6) is -0.538. The van der Waals surface area contributed by atoms with Crippen LogP contribution in [0, 0.1) is 11.3 Å². The van der Waals surface area contributed by atoms with Crippen molar-refractivity contribution in [1.82, 2.24) is 10.2 Å². The van der Waals surface area contributed by atoms with Gasteiger partial charge in [0, 0.05) is 13.6 Å². The minimum atomic E-state index is -0.765. The number of nitrogens with zero attached hydrogens (tertiary/aromatic N) is 2. The second-order valence-electron chi connectivity index (χ2n) is 4.08. The Morgan fingerprint density at radius 3 is 2.79 bits per heavy atom. The maximum absolute atomic E-state index is 11.7. The van der Waals surface area contributed by atoms with Crippen molar-refractivity contribution in [2.24, 2.45) is 0 Å². The summed E-state index contributed by atoms with van der Waals surface area (Å²) in [5, 5.41) is 10.2. The molecule has 0 spiro atoms. The van der Waals surface area contributed by atoms with Crippen LogP contribution in [0.15, 0.2) is 24.3 Å². The van der Waals surface area contributed by atoms with Gasteiger partial charge in [-0.1, -0.05) is 12.1 Å². The first kappa shape index (κ1) is 15.0. The van der Waals surface area contributed by atoms with Crippen LogP contribution >= 0.6 is 11.6 Å². The standard InChI is InChI=1S/C13H14ClN3O2/c1-9(14)12(18)16-13(19)17(2)8-11-5-3-4-10(6-11)7-15/h3-6,9H,8H2,1-2H3,(H,16,18,19). The molecule has 100 valence electrons. The van der Waals surface area contributed by atoms with Crippen molar-refractivity contribution in [3.05, 3.63) is 35.4 Å².